The maximum Gasteiger partial charge on any atom is 0.305 e. The summed E-state index contributed by atoms with van der Waals surface area (Å²) in [7, 11) is 0. The van der Waals surface area contributed by atoms with Crippen molar-refractivity contribution < 1.29 is 24.5 Å². The number of aliphatic hydroxyl groups excluding tert-OH is 2. The second-order valence-electron chi connectivity index (χ2n) is 29.2. The Bertz CT molecular complexity index is 1430. The summed E-state index contributed by atoms with van der Waals surface area (Å²) in [5.41, 5.74) is 0. The summed E-state index contributed by atoms with van der Waals surface area (Å²) in [5.74, 6) is -0.0375. The Hall–Kier alpha value is -1.66. The van der Waals surface area contributed by atoms with Crippen LogP contribution < -0.4 is 5.32 Å². The lowest BCUT2D eigenvalue weighted by Gasteiger charge is -2.20. The first kappa shape index (κ1) is 89.3. The third-order valence-electron chi connectivity index (χ3n) is 20.0. The molecule has 2 unspecified atom stereocenters. The lowest BCUT2D eigenvalue weighted by atomic mass is 10.0. The number of hydrogen-bond acceptors (Lipinski definition) is 5. The van der Waals surface area contributed by atoms with Crippen LogP contribution in [-0.4, -0.2) is 47.4 Å². The highest BCUT2D eigenvalue weighted by molar-refractivity contribution is 5.76. The average molecular weight is 1280 g/mol. The van der Waals surface area contributed by atoms with Crippen LogP contribution >= 0.6 is 0 Å². The zero-order valence-electron chi connectivity index (χ0n) is 62.1. The van der Waals surface area contributed by atoms with Gasteiger partial charge in [-0.05, 0) is 57.8 Å². The van der Waals surface area contributed by atoms with Crippen molar-refractivity contribution in [1.29, 1.82) is 0 Å². The molecule has 6 nitrogen and oxygen atoms in total. The number of allylic oxidation sites excluding steroid dienone is 3. The van der Waals surface area contributed by atoms with E-state index in [1.165, 1.54) is 417 Å². The highest BCUT2D eigenvalue weighted by atomic mass is 16.5. The van der Waals surface area contributed by atoms with E-state index in [9.17, 15) is 19.8 Å². The molecule has 0 aliphatic carbocycles. The number of rotatable bonds is 80. The molecule has 6 heteroatoms. The smallest absolute Gasteiger partial charge is 0.305 e. The summed E-state index contributed by atoms with van der Waals surface area (Å²) in [6.45, 7) is 4.96. The van der Waals surface area contributed by atoms with Gasteiger partial charge in [-0.1, -0.05) is 436 Å². The molecule has 3 N–H and O–H groups in total. The molecule has 91 heavy (non-hydrogen) atoms. The first-order valence-corrected chi connectivity index (χ1v) is 42.1. The van der Waals surface area contributed by atoms with E-state index in [0.717, 1.165) is 38.5 Å². The van der Waals surface area contributed by atoms with Gasteiger partial charge in [-0.15, -0.1) is 0 Å². The molecule has 0 aromatic rings. The lowest BCUT2D eigenvalue weighted by Crippen LogP contribution is -2.45. The van der Waals surface area contributed by atoms with Crippen LogP contribution in [0.5, 0.6) is 0 Å². The van der Waals surface area contributed by atoms with Gasteiger partial charge in [0, 0.05) is 12.8 Å². The maximum absolute atomic E-state index is 12.6. The lowest BCUT2D eigenvalue weighted by molar-refractivity contribution is -0.143. The zero-order chi connectivity index (χ0) is 65.6. The van der Waals surface area contributed by atoms with Crippen LogP contribution in [-0.2, 0) is 14.3 Å². The van der Waals surface area contributed by atoms with Gasteiger partial charge in [0.25, 0.3) is 0 Å². The van der Waals surface area contributed by atoms with Crippen LogP contribution in [0.3, 0.4) is 0 Å². The van der Waals surface area contributed by atoms with E-state index >= 15 is 0 Å². The second kappa shape index (κ2) is 80.8. The zero-order valence-corrected chi connectivity index (χ0v) is 62.1. The minimum Gasteiger partial charge on any atom is -0.466 e. The molecule has 540 valence electrons. The molecule has 0 saturated heterocycles. The summed E-state index contributed by atoms with van der Waals surface area (Å²) < 4.78 is 5.52. The summed E-state index contributed by atoms with van der Waals surface area (Å²) in [6, 6.07) is -0.626. The number of nitrogens with one attached hydrogen (secondary N) is 1. The maximum atomic E-state index is 12.6. The Labute approximate surface area is 571 Å². The van der Waals surface area contributed by atoms with Crippen LogP contribution in [0.1, 0.15) is 483 Å². The monoisotopic (exact) mass is 1280 g/mol. The van der Waals surface area contributed by atoms with Crippen molar-refractivity contribution in [2.45, 2.75) is 495 Å². The van der Waals surface area contributed by atoms with Gasteiger partial charge in [0.05, 0.1) is 25.4 Å². The van der Waals surface area contributed by atoms with E-state index < -0.39 is 12.1 Å². The number of aliphatic hydroxyl groups is 2. The van der Waals surface area contributed by atoms with Gasteiger partial charge in [-0.3, -0.25) is 9.59 Å². The molecule has 0 aromatic carbocycles. The van der Waals surface area contributed by atoms with Crippen molar-refractivity contribution in [3.05, 3.63) is 24.3 Å². The predicted octanol–water partition coefficient (Wildman–Crippen LogP) is 28.0. The number of amides is 1. The van der Waals surface area contributed by atoms with Crippen molar-refractivity contribution in [1.82, 2.24) is 5.32 Å². The van der Waals surface area contributed by atoms with Crippen molar-refractivity contribution >= 4 is 11.9 Å². The van der Waals surface area contributed by atoms with Crippen LogP contribution in [0, 0.1) is 0 Å². The first-order valence-electron chi connectivity index (χ1n) is 42.1. The molecule has 0 spiro atoms. The van der Waals surface area contributed by atoms with Gasteiger partial charge < -0.3 is 20.3 Å². The third kappa shape index (κ3) is 77.2. The summed E-state index contributed by atoms with van der Waals surface area (Å²) in [6.07, 6.45) is 105. The Morgan fingerprint density at radius 2 is 0.516 bits per heavy atom. The third-order valence-corrected chi connectivity index (χ3v) is 20.0. The molecule has 1 amide bonds. The molecular weight excluding hydrogens is 1110 g/mol. The van der Waals surface area contributed by atoms with E-state index in [0.29, 0.717) is 19.4 Å². The van der Waals surface area contributed by atoms with Gasteiger partial charge in [-0.2, -0.15) is 0 Å². The Morgan fingerprint density at radius 3 is 0.780 bits per heavy atom. The molecule has 0 radical (unpaired) electrons. The van der Waals surface area contributed by atoms with Crippen molar-refractivity contribution in [3.63, 3.8) is 0 Å². The average Bonchev–Trinajstić information content (AvgIpc) is 3.65. The number of esters is 1. The fraction of sp³-hybridized carbons (Fsp3) is 0.929. The van der Waals surface area contributed by atoms with Crippen molar-refractivity contribution in [2.75, 3.05) is 13.2 Å². The van der Waals surface area contributed by atoms with E-state index in [1.807, 2.05) is 6.08 Å². The van der Waals surface area contributed by atoms with Crippen LogP contribution in [0.15, 0.2) is 24.3 Å². The molecule has 0 aliphatic rings. The van der Waals surface area contributed by atoms with Crippen molar-refractivity contribution in [2.24, 2.45) is 0 Å². The highest BCUT2D eigenvalue weighted by Crippen LogP contribution is 2.21. The second-order valence-corrected chi connectivity index (χ2v) is 29.2. The number of ether oxygens (including phenoxy) is 1. The summed E-state index contributed by atoms with van der Waals surface area (Å²) in [5, 5.41) is 23.3. The standard InChI is InChI=1S/C85H165NO5/c1-3-5-7-9-11-13-15-17-19-21-23-24-25-32-35-38-42-45-49-53-57-61-65-69-73-77-83(88)82(81-87)86-84(89)78-74-70-66-62-58-54-50-46-43-39-36-33-30-28-26-27-29-31-34-37-40-44-48-52-56-60-64-68-72-76-80-91-85(90)79-75-71-67-63-59-55-51-47-41-22-20-18-16-14-12-10-8-6-4-2/h18,20,73,77,82-83,87-88H,3-17,19,21-72,74-76,78-81H2,1-2H3,(H,86,89)/b20-18-,77-73+. The van der Waals surface area contributed by atoms with E-state index in [4.69, 9.17) is 4.74 Å². The minimum absolute atomic E-state index is 0.0207. The SMILES string of the molecule is CCCCCCCC/C=C\CCCCCCCCCCCC(=O)OCCCCCCCCCCCCCCCCCCCCCCCCCCCCCCCCC(=O)NC(CO)C(O)/C=C/CCCCCCCCCCCCCCCCCCCCCCCCC. The molecule has 0 aromatic heterocycles. The first-order chi connectivity index (χ1) is 45.0. The van der Waals surface area contributed by atoms with Crippen LogP contribution in [0.2, 0.25) is 0 Å². The summed E-state index contributed by atoms with van der Waals surface area (Å²) >= 11 is 0. The molecule has 0 rings (SSSR count). The largest absolute Gasteiger partial charge is 0.466 e. The Balaban J connectivity index is 3.35. The number of hydrogen-bond donors (Lipinski definition) is 3. The van der Waals surface area contributed by atoms with Crippen LogP contribution in [0.4, 0.5) is 0 Å². The van der Waals surface area contributed by atoms with Gasteiger partial charge in [0.15, 0.2) is 0 Å². The fourth-order valence-corrected chi connectivity index (χ4v) is 13.6. The van der Waals surface area contributed by atoms with Crippen LogP contribution in [0.25, 0.3) is 0 Å². The van der Waals surface area contributed by atoms with E-state index in [1.54, 1.807) is 6.08 Å². The highest BCUT2D eigenvalue weighted by Gasteiger charge is 2.18. The van der Waals surface area contributed by atoms with Crippen molar-refractivity contribution in [3.8, 4) is 0 Å². The van der Waals surface area contributed by atoms with Gasteiger partial charge >= 0.3 is 5.97 Å². The minimum atomic E-state index is -0.843. The van der Waals surface area contributed by atoms with E-state index in [-0.39, 0.29) is 18.5 Å². The normalized spacial score (nSPS) is 12.5. The molecular formula is C85H165NO5. The molecule has 0 bridgehead atoms. The van der Waals surface area contributed by atoms with Gasteiger partial charge in [0.2, 0.25) is 5.91 Å². The van der Waals surface area contributed by atoms with E-state index in [2.05, 4.69) is 31.3 Å². The Morgan fingerprint density at radius 1 is 0.297 bits per heavy atom. The summed E-state index contributed by atoms with van der Waals surface area (Å²) in [4.78, 5) is 24.7. The Kier molecular flexibility index (Phi) is 79.3. The van der Waals surface area contributed by atoms with Gasteiger partial charge in [0.1, 0.15) is 0 Å². The molecule has 0 heterocycles. The molecule has 0 saturated carbocycles. The molecule has 0 fully saturated rings. The molecule has 0 aliphatic heterocycles. The predicted molar refractivity (Wildman–Crippen MR) is 403 cm³/mol. The number of unbranched alkanes of at least 4 members (excludes halogenated alkanes) is 67. The molecule has 2 atom stereocenters. The topological polar surface area (TPSA) is 95.9 Å². The van der Waals surface area contributed by atoms with Gasteiger partial charge in [-0.25, -0.2) is 0 Å². The quantitative estimate of drug-likeness (QED) is 0.0320. The fourth-order valence-electron chi connectivity index (χ4n) is 13.6. The number of carbonyl (C=O) groups is 2. The number of carbonyl (C=O) groups excluding carboxylic acids is 2.